The predicted molar refractivity (Wildman–Crippen MR) is 93.3 cm³/mol. The lowest BCUT2D eigenvalue weighted by Crippen LogP contribution is -2.23. The highest BCUT2D eigenvalue weighted by atomic mass is 16.5. The van der Waals surface area contributed by atoms with E-state index in [1.165, 1.54) is 0 Å². The number of amides is 1. The quantitative estimate of drug-likeness (QED) is 0.802. The minimum atomic E-state index is -0.291. The fourth-order valence-corrected chi connectivity index (χ4v) is 2.37. The molecule has 6 heteroatoms. The van der Waals surface area contributed by atoms with Crippen molar-refractivity contribution in [1.29, 1.82) is 0 Å². The summed E-state index contributed by atoms with van der Waals surface area (Å²) >= 11 is 0. The van der Waals surface area contributed by atoms with E-state index in [-0.39, 0.29) is 11.5 Å². The molecule has 1 aromatic heterocycles. The zero-order valence-corrected chi connectivity index (χ0v) is 14.2. The molecule has 0 fully saturated rings. The molecule has 0 bridgehead atoms. The first-order valence-corrected chi connectivity index (χ1v) is 7.72. The van der Waals surface area contributed by atoms with Crippen molar-refractivity contribution >= 4 is 22.6 Å². The molecule has 0 aliphatic carbocycles. The lowest BCUT2D eigenvalue weighted by atomic mass is 10.1. The van der Waals surface area contributed by atoms with Crippen LogP contribution in [-0.2, 0) is 7.05 Å². The molecule has 3 rings (SSSR count). The number of fused-ring (bicyclic) bond motifs is 1. The molecule has 0 unspecified atom stereocenters. The topological polar surface area (TPSA) is 69.0 Å². The Morgan fingerprint density at radius 2 is 1.96 bits per heavy atom. The van der Waals surface area contributed by atoms with Gasteiger partial charge in [-0.05, 0) is 51.1 Å². The number of rotatable bonds is 3. The highest BCUT2D eigenvalue weighted by Crippen LogP contribution is 2.22. The average Bonchev–Trinajstić information content (AvgIpc) is 2.87. The maximum Gasteiger partial charge on any atom is 0.255 e. The van der Waals surface area contributed by atoms with E-state index in [4.69, 9.17) is 4.74 Å². The highest BCUT2D eigenvalue weighted by molar-refractivity contribution is 6.05. The van der Waals surface area contributed by atoms with Crippen molar-refractivity contribution in [3.8, 4) is 5.75 Å². The fourth-order valence-electron chi connectivity index (χ4n) is 2.37. The molecule has 6 nitrogen and oxygen atoms in total. The van der Waals surface area contributed by atoms with E-state index in [2.05, 4.69) is 15.6 Å². The number of benzene rings is 2. The van der Waals surface area contributed by atoms with Crippen molar-refractivity contribution in [2.45, 2.75) is 26.4 Å². The number of nitrogens with zero attached hydrogens (tertiary/aromatic N) is 3. The summed E-state index contributed by atoms with van der Waals surface area (Å²) in [5, 5.41) is 10.8. The third-order valence-electron chi connectivity index (χ3n) is 3.39. The Hall–Kier alpha value is -2.89. The van der Waals surface area contributed by atoms with Gasteiger partial charge in [-0.25, -0.2) is 4.68 Å². The second-order valence-electron chi connectivity index (χ2n) is 6.61. The number of hydrogen-bond acceptors (Lipinski definition) is 4. The first-order valence-electron chi connectivity index (χ1n) is 7.72. The van der Waals surface area contributed by atoms with Crippen molar-refractivity contribution in [2.24, 2.45) is 7.05 Å². The van der Waals surface area contributed by atoms with Crippen LogP contribution in [0.3, 0.4) is 0 Å². The van der Waals surface area contributed by atoms with Gasteiger partial charge in [0.15, 0.2) is 0 Å². The predicted octanol–water partition coefficient (Wildman–Crippen LogP) is 3.40. The van der Waals surface area contributed by atoms with E-state index in [0.717, 1.165) is 11.0 Å². The second-order valence-corrected chi connectivity index (χ2v) is 6.61. The average molecular weight is 324 g/mol. The first kappa shape index (κ1) is 16.0. The summed E-state index contributed by atoms with van der Waals surface area (Å²) in [5.74, 6) is 0.526. The van der Waals surface area contributed by atoms with E-state index in [0.29, 0.717) is 17.0 Å². The minimum absolute atomic E-state index is 0.189. The van der Waals surface area contributed by atoms with Crippen LogP contribution >= 0.6 is 0 Å². The maximum atomic E-state index is 12.5. The Bertz CT molecular complexity index is 893. The third-order valence-corrected chi connectivity index (χ3v) is 3.39. The van der Waals surface area contributed by atoms with Crippen LogP contribution < -0.4 is 10.1 Å². The highest BCUT2D eigenvalue weighted by Gasteiger charge is 2.13. The van der Waals surface area contributed by atoms with Crippen LogP contribution in [-0.4, -0.2) is 26.5 Å². The lowest BCUT2D eigenvalue weighted by molar-refractivity contribution is 0.102. The van der Waals surface area contributed by atoms with Gasteiger partial charge < -0.3 is 10.1 Å². The summed E-state index contributed by atoms with van der Waals surface area (Å²) in [5.41, 5.74) is 2.52. The lowest BCUT2D eigenvalue weighted by Gasteiger charge is -2.21. The number of ether oxygens (including phenoxy) is 1. The molecular weight excluding hydrogens is 304 g/mol. The van der Waals surface area contributed by atoms with Crippen molar-refractivity contribution in [3.05, 3.63) is 48.0 Å². The van der Waals surface area contributed by atoms with Crippen LogP contribution in [0.1, 0.15) is 31.1 Å². The normalized spacial score (nSPS) is 11.5. The molecule has 0 aliphatic rings. The van der Waals surface area contributed by atoms with Gasteiger partial charge in [-0.1, -0.05) is 11.3 Å². The van der Waals surface area contributed by atoms with E-state index >= 15 is 0 Å². The van der Waals surface area contributed by atoms with Crippen molar-refractivity contribution in [3.63, 3.8) is 0 Å². The zero-order valence-electron chi connectivity index (χ0n) is 14.2. The van der Waals surface area contributed by atoms with E-state index in [9.17, 15) is 4.79 Å². The van der Waals surface area contributed by atoms with Gasteiger partial charge in [-0.15, -0.1) is 5.10 Å². The number of aryl methyl sites for hydroxylation is 1. The Kier molecular flexibility index (Phi) is 3.97. The van der Waals surface area contributed by atoms with E-state index < -0.39 is 0 Å². The van der Waals surface area contributed by atoms with Gasteiger partial charge in [0, 0.05) is 24.4 Å². The molecule has 0 spiro atoms. The SMILES string of the molecule is Cn1nnc2ccc(C(=O)Nc3cccc(OC(C)(C)C)c3)cc21. The number of nitrogens with one attached hydrogen (secondary N) is 1. The third kappa shape index (κ3) is 3.53. The number of carbonyl (C=O) groups excluding carboxylic acids is 1. The molecule has 0 atom stereocenters. The van der Waals surface area contributed by atoms with Crippen LogP contribution in [0.4, 0.5) is 5.69 Å². The van der Waals surface area contributed by atoms with Gasteiger partial charge in [-0.3, -0.25) is 4.79 Å². The van der Waals surface area contributed by atoms with Crippen LogP contribution in [0.5, 0.6) is 5.75 Å². The summed E-state index contributed by atoms with van der Waals surface area (Å²) in [6.45, 7) is 5.94. The Morgan fingerprint density at radius 3 is 2.71 bits per heavy atom. The van der Waals surface area contributed by atoms with Crippen molar-refractivity contribution in [1.82, 2.24) is 15.0 Å². The van der Waals surface area contributed by atoms with Crippen molar-refractivity contribution < 1.29 is 9.53 Å². The summed E-state index contributed by atoms with van der Waals surface area (Å²) in [4.78, 5) is 12.5. The molecule has 0 saturated carbocycles. The molecule has 2 aromatic carbocycles. The first-order chi connectivity index (χ1) is 11.3. The van der Waals surface area contributed by atoms with Crippen molar-refractivity contribution in [2.75, 3.05) is 5.32 Å². The molecule has 0 saturated heterocycles. The molecular formula is C18H20N4O2. The molecule has 1 N–H and O–H groups in total. The number of carbonyl (C=O) groups is 1. The molecule has 0 radical (unpaired) electrons. The van der Waals surface area contributed by atoms with Gasteiger partial charge in [0.1, 0.15) is 16.9 Å². The number of hydrogen-bond donors (Lipinski definition) is 1. The Labute approximate surface area is 140 Å². The molecule has 3 aromatic rings. The van der Waals surface area contributed by atoms with Gasteiger partial charge in [-0.2, -0.15) is 0 Å². The molecule has 0 aliphatic heterocycles. The van der Waals surface area contributed by atoms with Gasteiger partial charge >= 0.3 is 0 Å². The van der Waals surface area contributed by atoms with E-state index in [1.54, 1.807) is 29.9 Å². The number of aromatic nitrogens is 3. The van der Waals surface area contributed by atoms with Gasteiger partial charge in [0.05, 0.1) is 5.52 Å². The van der Waals surface area contributed by atoms with Crippen LogP contribution in [0, 0.1) is 0 Å². The molecule has 1 heterocycles. The largest absolute Gasteiger partial charge is 0.488 e. The van der Waals surface area contributed by atoms with Crippen LogP contribution in [0.25, 0.3) is 11.0 Å². The fraction of sp³-hybridized carbons (Fsp3) is 0.278. The van der Waals surface area contributed by atoms with Crippen LogP contribution in [0.15, 0.2) is 42.5 Å². The Balaban J connectivity index is 1.80. The second kappa shape index (κ2) is 5.96. The van der Waals surface area contributed by atoms with Gasteiger partial charge in [0.2, 0.25) is 0 Å². The number of anilines is 1. The zero-order chi connectivity index (χ0) is 17.3. The maximum absolute atomic E-state index is 12.5. The van der Waals surface area contributed by atoms with Crippen LogP contribution in [0.2, 0.25) is 0 Å². The monoisotopic (exact) mass is 324 g/mol. The molecule has 24 heavy (non-hydrogen) atoms. The molecule has 1 amide bonds. The Morgan fingerprint density at radius 1 is 1.17 bits per heavy atom. The summed E-state index contributed by atoms with van der Waals surface area (Å²) in [6.07, 6.45) is 0. The molecule has 124 valence electrons. The standard InChI is InChI=1S/C18H20N4O2/c1-18(2,3)24-14-7-5-6-13(11-14)19-17(23)12-8-9-15-16(10-12)22(4)21-20-15/h5-11H,1-4H3,(H,19,23). The van der Waals surface area contributed by atoms with E-state index in [1.807, 2.05) is 45.0 Å². The smallest absolute Gasteiger partial charge is 0.255 e. The summed E-state index contributed by atoms with van der Waals surface area (Å²) in [6, 6.07) is 12.7. The summed E-state index contributed by atoms with van der Waals surface area (Å²) in [7, 11) is 1.80. The minimum Gasteiger partial charge on any atom is -0.488 e. The summed E-state index contributed by atoms with van der Waals surface area (Å²) < 4.78 is 7.46. The van der Waals surface area contributed by atoms with Gasteiger partial charge in [0.25, 0.3) is 5.91 Å².